The van der Waals surface area contributed by atoms with Crippen LogP contribution in [0.1, 0.15) is 23.0 Å². The first-order valence-electron chi connectivity index (χ1n) is 10.3. The number of hydrogen-bond donors (Lipinski definition) is 0. The normalized spacial score (nSPS) is 12.0. The fraction of sp³-hybridized carbons (Fsp3) is 0.200. The minimum Gasteiger partial charge on any atom is -0.383 e. The Morgan fingerprint density at radius 3 is 2.50 bits per heavy atom. The molecule has 1 aromatic carbocycles. The first-order valence-corrected chi connectivity index (χ1v) is 10.3. The first kappa shape index (κ1) is 21.5. The number of amides is 1. The molecular weight excluding hydrogens is 407 g/mol. The molecule has 32 heavy (non-hydrogen) atoms. The quantitative estimate of drug-likeness (QED) is 0.432. The van der Waals surface area contributed by atoms with Gasteiger partial charge in [-0.25, -0.2) is 9.37 Å². The highest BCUT2D eigenvalue weighted by atomic mass is 19.1. The number of rotatable bonds is 7. The Kier molecular flexibility index (Phi) is 6.47. The maximum absolute atomic E-state index is 13.7. The number of benzene rings is 1. The van der Waals surface area contributed by atoms with Crippen LogP contribution in [0.4, 0.5) is 4.39 Å². The van der Waals surface area contributed by atoms with Crippen LogP contribution < -0.4 is 0 Å². The van der Waals surface area contributed by atoms with Gasteiger partial charge in [-0.1, -0.05) is 12.1 Å². The third-order valence-corrected chi connectivity index (χ3v) is 5.29. The number of carbonyl (C=O) groups excluding carboxylic acids is 1. The lowest BCUT2D eigenvalue weighted by atomic mass is 10.0. The first-order chi connectivity index (χ1) is 15.6. The molecule has 0 aliphatic rings. The van der Waals surface area contributed by atoms with Crippen molar-refractivity contribution in [3.05, 3.63) is 90.4 Å². The molecule has 1 amide bonds. The molecule has 0 saturated carbocycles. The number of hydrogen-bond acceptors (Lipinski definition) is 5. The van der Waals surface area contributed by atoms with Crippen LogP contribution in [0.5, 0.6) is 0 Å². The van der Waals surface area contributed by atoms with Crippen LogP contribution in [-0.2, 0) is 11.3 Å². The van der Waals surface area contributed by atoms with E-state index in [1.54, 1.807) is 61.1 Å². The predicted octanol–water partition coefficient (Wildman–Crippen LogP) is 4.51. The van der Waals surface area contributed by atoms with Gasteiger partial charge in [0.05, 0.1) is 18.2 Å². The van der Waals surface area contributed by atoms with E-state index in [4.69, 9.17) is 4.74 Å². The Hall–Kier alpha value is -3.71. The molecule has 162 valence electrons. The standard InChI is InChI=1S/C25H23FN4O2/c1-17(16-32-2)30(15-18-3-5-20(26)6-4-18)25(31)24-13-21(19-7-10-27-11-8-19)22-14-28-12-9-23(22)29-24/h3-14,17H,15-16H2,1-2H3. The van der Waals surface area contributed by atoms with Crippen LogP contribution >= 0.6 is 0 Å². The van der Waals surface area contributed by atoms with Gasteiger partial charge in [0.2, 0.25) is 0 Å². The lowest BCUT2D eigenvalue weighted by Gasteiger charge is -2.29. The van der Waals surface area contributed by atoms with E-state index in [1.165, 1.54) is 12.1 Å². The summed E-state index contributed by atoms with van der Waals surface area (Å²) in [4.78, 5) is 28.3. The van der Waals surface area contributed by atoms with Crippen molar-refractivity contribution < 1.29 is 13.9 Å². The van der Waals surface area contributed by atoms with Crippen LogP contribution in [0.2, 0.25) is 0 Å². The minimum atomic E-state index is -0.316. The van der Waals surface area contributed by atoms with Gasteiger partial charge in [-0.15, -0.1) is 0 Å². The highest BCUT2D eigenvalue weighted by molar-refractivity contribution is 6.01. The number of aromatic nitrogens is 3. The van der Waals surface area contributed by atoms with E-state index < -0.39 is 0 Å². The number of pyridine rings is 3. The van der Waals surface area contributed by atoms with Gasteiger partial charge in [0.1, 0.15) is 11.5 Å². The molecule has 0 aliphatic heterocycles. The van der Waals surface area contributed by atoms with E-state index in [9.17, 15) is 9.18 Å². The van der Waals surface area contributed by atoms with E-state index in [2.05, 4.69) is 15.0 Å². The summed E-state index contributed by atoms with van der Waals surface area (Å²) >= 11 is 0. The van der Waals surface area contributed by atoms with E-state index >= 15 is 0 Å². The third kappa shape index (κ3) is 4.63. The minimum absolute atomic E-state index is 0.211. The number of carbonyl (C=O) groups is 1. The molecular formula is C25H23FN4O2. The summed E-state index contributed by atoms with van der Waals surface area (Å²) in [6.07, 6.45) is 6.82. The van der Waals surface area contributed by atoms with Gasteiger partial charge in [-0.3, -0.25) is 14.8 Å². The maximum atomic E-state index is 13.7. The number of halogens is 1. The number of methoxy groups -OCH3 is 1. The highest BCUT2D eigenvalue weighted by Gasteiger charge is 2.24. The van der Waals surface area contributed by atoms with Gasteiger partial charge in [0.25, 0.3) is 5.91 Å². The van der Waals surface area contributed by atoms with Crippen LogP contribution in [0, 0.1) is 5.82 Å². The van der Waals surface area contributed by atoms with Crippen molar-refractivity contribution in [1.82, 2.24) is 19.9 Å². The molecule has 3 aromatic heterocycles. The molecule has 0 saturated heterocycles. The van der Waals surface area contributed by atoms with Crippen molar-refractivity contribution >= 4 is 16.8 Å². The van der Waals surface area contributed by atoms with Gasteiger partial charge in [0, 0.05) is 43.8 Å². The van der Waals surface area contributed by atoms with Gasteiger partial charge in [-0.2, -0.15) is 0 Å². The fourth-order valence-electron chi connectivity index (χ4n) is 3.64. The average molecular weight is 430 g/mol. The molecule has 4 aromatic rings. The molecule has 0 fully saturated rings. The lowest BCUT2D eigenvalue weighted by Crippen LogP contribution is -2.41. The Balaban J connectivity index is 1.77. The number of nitrogens with zero attached hydrogens (tertiary/aromatic N) is 4. The summed E-state index contributed by atoms with van der Waals surface area (Å²) in [6, 6.07) is 13.3. The second kappa shape index (κ2) is 9.62. The summed E-state index contributed by atoms with van der Waals surface area (Å²) in [6.45, 7) is 2.59. The SMILES string of the molecule is COCC(C)N(Cc1ccc(F)cc1)C(=O)c1cc(-c2ccncc2)c2cnccc2n1. The summed E-state index contributed by atoms with van der Waals surface area (Å²) in [5.74, 6) is -0.545. The third-order valence-electron chi connectivity index (χ3n) is 5.29. The number of ether oxygens (including phenoxy) is 1. The zero-order valence-electron chi connectivity index (χ0n) is 17.9. The second-order valence-electron chi connectivity index (χ2n) is 7.55. The van der Waals surface area contributed by atoms with Crippen LogP contribution in [-0.4, -0.2) is 45.5 Å². The van der Waals surface area contributed by atoms with E-state index in [0.717, 1.165) is 22.1 Å². The van der Waals surface area contributed by atoms with E-state index in [-0.39, 0.29) is 17.8 Å². The van der Waals surface area contributed by atoms with Crippen molar-refractivity contribution in [2.24, 2.45) is 0 Å². The second-order valence-corrected chi connectivity index (χ2v) is 7.55. The Morgan fingerprint density at radius 2 is 1.78 bits per heavy atom. The summed E-state index contributed by atoms with van der Waals surface area (Å²) in [5.41, 5.74) is 3.60. The molecule has 0 radical (unpaired) electrons. The summed E-state index contributed by atoms with van der Waals surface area (Å²) in [7, 11) is 1.60. The van der Waals surface area contributed by atoms with Crippen LogP contribution in [0.15, 0.2) is 73.3 Å². The maximum Gasteiger partial charge on any atom is 0.273 e. The molecule has 0 bridgehead atoms. The molecule has 7 heteroatoms. The topological polar surface area (TPSA) is 68.2 Å². The number of fused-ring (bicyclic) bond motifs is 1. The lowest BCUT2D eigenvalue weighted by molar-refractivity contribution is 0.0537. The zero-order valence-corrected chi connectivity index (χ0v) is 17.9. The Bertz CT molecular complexity index is 1220. The van der Waals surface area contributed by atoms with E-state index in [1.807, 2.05) is 19.1 Å². The van der Waals surface area contributed by atoms with Gasteiger partial charge in [0.15, 0.2) is 0 Å². The molecule has 0 aliphatic carbocycles. The molecule has 3 heterocycles. The van der Waals surface area contributed by atoms with Gasteiger partial charge >= 0.3 is 0 Å². The van der Waals surface area contributed by atoms with Gasteiger partial charge in [-0.05, 0) is 60.0 Å². The molecule has 0 spiro atoms. The molecule has 1 atom stereocenters. The van der Waals surface area contributed by atoms with Crippen molar-refractivity contribution in [3.63, 3.8) is 0 Å². The summed E-state index contributed by atoms with van der Waals surface area (Å²) < 4.78 is 18.7. The van der Waals surface area contributed by atoms with Crippen molar-refractivity contribution in [2.45, 2.75) is 19.5 Å². The smallest absolute Gasteiger partial charge is 0.273 e. The highest BCUT2D eigenvalue weighted by Crippen LogP contribution is 2.28. The van der Waals surface area contributed by atoms with Gasteiger partial charge < -0.3 is 9.64 Å². The average Bonchev–Trinajstić information content (AvgIpc) is 2.83. The van der Waals surface area contributed by atoms with E-state index in [0.29, 0.717) is 24.4 Å². The Labute approximate surface area is 185 Å². The van der Waals surface area contributed by atoms with Crippen LogP contribution in [0.25, 0.3) is 22.0 Å². The zero-order chi connectivity index (χ0) is 22.5. The molecule has 0 N–H and O–H groups in total. The Morgan fingerprint density at radius 1 is 1.06 bits per heavy atom. The molecule has 1 unspecified atom stereocenters. The summed E-state index contributed by atoms with van der Waals surface area (Å²) in [5, 5.41) is 0.852. The van der Waals surface area contributed by atoms with Crippen molar-refractivity contribution in [1.29, 1.82) is 0 Å². The monoisotopic (exact) mass is 430 g/mol. The molecule has 6 nitrogen and oxygen atoms in total. The van der Waals surface area contributed by atoms with Crippen molar-refractivity contribution in [2.75, 3.05) is 13.7 Å². The van der Waals surface area contributed by atoms with Crippen molar-refractivity contribution in [3.8, 4) is 11.1 Å². The predicted molar refractivity (Wildman–Crippen MR) is 120 cm³/mol. The largest absolute Gasteiger partial charge is 0.383 e. The molecule has 4 rings (SSSR count). The fourth-order valence-corrected chi connectivity index (χ4v) is 3.64. The van der Waals surface area contributed by atoms with Crippen LogP contribution in [0.3, 0.4) is 0 Å².